The van der Waals surface area contributed by atoms with E-state index in [0.717, 1.165) is 0 Å². The van der Waals surface area contributed by atoms with Gasteiger partial charge in [-0.3, -0.25) is 4.79 Å². The molecule has 0 saturated heterocycles. The van der Waals surface area contributed by atoms with Gasteiger partial charge in [0.05, 0.1) is 13.2 Å². The minimum Gasteiger partial charge on any atom is -0.466 e. The zero-order valence-electron chi connectivity index (χ0n) is 6.72. The number of hydrogen-bond acceptors (Lipinski definition) is 3. The van der Waals surface area contributed by atoms with Crippen LogP contribution in [0.5, 0.6) is 0 Å². The highest BCUT2D eigenvalue weighted by Crippen LogP contribution is 1.95. The van der Waals surface area contributed by atoms with Crippen molar-refractivity contribution >= 4 is 5.97 Å². The van der Waals surface area contributed by atoms with Crippen molar-refractivity contribution in [3.8, 4) is 0 Å². The molecule has 3 heteroatoms. The molecular formula is C7H14O3. The Kier molecular flexibility index (Phi) is 4.94. The minimum atomic E-state index is -0.233. The Morgan fingerprint density at radius 1 is 1.50 bits per heavy atom. The van der Waals surface area contributed by atoms with E-state index >= 15 is 0 Å². The van der Waals surface area contributed by atoms with E-state index in [1.165, 1.54) is 6.92 Å². The predicted molar refractivity (Wildman–Crippen MR) is 37.7 cm³/mol. The zero-order valence-corrected chi connectivity index (χ0v) is 6.72. The van der Waals surface area contributed by atoms with Gasteiger partial charge in [0.15, 0.2) is 0 Å². The molecule has 0 aromatic carbocycles. The number of methoxy groups -OCH3 is 1. The highest BCUT2D eigenvalue weighted by atomic mass is 16.5. The monoisotopic (exact) mass is 146 g/mol. The van der Waals surface area contributed by atoms with Crippen LogP contribution >= 0.6 is 0 Å². The number of hydrogen-bond donors (Lipinski definition) is 0. The van der Waals surface area contributed by atoms with Gasteiger partial charge < -0.3 is 9.47 Å². The van der Waals surface area contributed by atoms with Gasteiger partial charge in [0.25, 0.3) is 0 Å². The van der Waals surface area contributed by atoms with Crippen molar-refractivity contribution in [2.45, 2.75) is 13.8 Å². The van der Waals surface area contributed by atoms with E-state index in [1.807, 2.05) is 6.92 Å². The van der Waals surface area contributed by atoms with Gasteiger partial charge in [-0.15, -0.1) is 0 Å². The average Bonchev–Trinajstić information content (AvgIpc) is 1.85. The maximum atomic E-state index is 10.3. The highest BCUT2D eigenvalue weighted by Gasteiger charge is 2.02. The summed E-state index contributed by atoms with van der Waals surface area (Å²) in [4.78, 5) is 10.3. The van der Waals surface area contributed by atoms with Crippen LogP contribution in [-0.2, 0) is 14.3 Å². The second kappa shape index (κ2) is 5.23. The third kappa shape index (κ3) is 5.56. The summed E-state index contributed by atoms with van der Waals surface area (Å²) >= 11 is 0. The van der Waals surface area contributed by atoms with Crippen LogP contribution in [0.2, 0.25) is 0 Å². The van der Waals surface area contributed by atoms with Gasteiger partial charge in [0.1, 0.15) is 0 Å². The lowest BCUT2D eigenvalue weighted by atomic mass is 10.2. The summed E-state index contributed by atoms with van der Waals surface area (Å²) in [6.45, 7) is 4.45. The second-order valence-corrected chi connectivity index (χ2v) is 2.36. The Morgan fingerprint density at radius 3 is 2.50 bits per heavy atom. The van der Waals surface area contributed by atoms with Crippen LogP contribution in [0.1, 0.15) is 13.8 Å². The molecule has 0 aliphatic heterocycles. The van der Waals surface area contributed by atoms with E-state index in [9.17, 15) is 4.79 Å². The molecule has 10 heavy (non-hydrogen) atoms. The summed E-state index contributed by atoms with van der Waals surface area (Å²) in [6, 6.07) is 0. The summed E-state index contributed by atoms with van der Waals surface area (Å²) in [5.41, 5.74) is 0. The van der Waals surface area contributed by atoms with Crippen molar-refractivity contribution in [1.29, 1.82) is 0 Å². The summed E-state index contributed by atoms with van der Waals surface area (Å²) in [5, 5.41) is 0. The number of esters is 1. The van der Waals surface area contributed by atoms with E-state index in [2.05, 4.69) is 0 Å². The Labute approximate surface area is 61.3 Å². The van der Waals surface area contributed by atoms with E-state index in [-0.39, 0.29) is 11.9 Å². The molecule has 0 fully saturated rings. The Balaban J connectivity index is 3.21. The molecule has 1 unspecified atom stereocenters. The third-order valence-electron chi connectivity index (χ3n) is 1.02. The largest absolute Gasteiger partial charge is 0.466 e. The van der Waals surface area contributed by atoms with E-state index in [0.29, 0.717) is 13.2 Å². The van der Waals surface area contributed by atoms with Crippen LogP contribution in [0, 0.1) is 5.92 Å². The van der Waals surface area contributed by atoms with Crippen LogP contribution in [0.3, 0.4) is 0 Å². The second-order valence-electron chi connectivity index (χ2n) is 2.36. The van der Waals surface area contributed by atoms with Crippen molar-refractivity contribution in [2.24, 2.45) is 5.92 Å². The van der Waals surface area contributed by atoms with Gasteiger partial charge in [-0.25, -0.2) is 0 Å². The first-order chi connectivity index (χ1) is 4.66. The predicted octanol–water partition coefficient (Wildman–Crippen LogP) is 0.832. The van der Waals surface area contributed by atoms with Gasteiger partial charge in [-0.1, -0.05) is 6.92 Å². The van der Waals surface area contributed by atoms with Crippen molar-refractivity contribution in [1.82, 2.24) is 0 Å². The molecule has 0 aliphatic rings. The lowest BCUT2D eigenvalue weighted by molar-refractivity contribution is -0.142. The molecule has 0 aromatic heterocycles. The fourth-order valence-electron chi connectivity index (χ4n) is 0.592. The van der Waals surface area contributed by atoms with E-state index in [4.69, 9.17) is 9.47 Å². The maximum absolute atomic E-state index is 10.3. The lowest BCUT2D eigenvalue weighted by Crippen LogP contribution is -2.13. The average molecular weight is 146 g/mol. The summed E-state index contributed by atoms with van der Waals surface area (Å²) in [5.74, 6) is 0.0526. The smallest absolute Gasteiger partial charge is 0.302 e. The lowest BCUT2D eigenvalue weighted by Gasteiger charge is -2.08. The molecule has 0 N–H and O–H groups in total. The molecule has 0 rings (SSSR count). The minimum absolute atomic E-state index is 0.233. The fourth-order valence-corrected chi connectivity index (χ4v) is 0.592. The van der Waals surface area contributed by atoms with Gasteiger partial charge >= 0.3 is 5.97 Å². The summed E-state index contributed by atoms with van der Waals surface area (Å²) in [6.07, 6.45) is 0. The molecule has 0 heterocycles. The molecule has 0 bridgehead atoms. The zero-order chi connectivity index (χ0) is 7.98. The van der Waals surface area contributed by atoms with Crippen molar-refractivity contribution < 1.29 is 14.3 Å². The summed E-state index contributed by atoms with van der Waals surface area (Å²) in [7, 11) is 1.63. The number of carbonyl (C=O) groups excluding carboxylic acids is 1. The number of rotatable bonds is 4. The molecule has 0 saturated carbocycles. The van der Waals surface area contributed by atoms with Crippen molar-refractivity contribution in [2.75, 3.05) is 20.3 Å². The molecule has 3 nitrogen and oxygen atoms in total. The first-order valence-corrected chi connectivity index (χ1v) is 3.29. The quantitative estimate of drug-likeness (QED) is 0.551. The van der Waals surface area contributed by atoms with E-state index in [1.54, 1.807) is 7.11 Å². The topological polar surface area (TPSA) is 35.5 Å². The first-order valence-electron chi connectivity index (χ1n) is 3.29. The van der Waals surface area contributed by atoms with Crippen LogP contribution < -0.4 is 0 Å². The molecule has 1 atom stereocenters. The number of carbonyl (C=O) groups is 1. The molecule has 0 spiro atoms. The molecule has 0 radical (unpaired) electrons. The van der Waals surface area contributed by atoms with Crippen LogP contribution in [-0.4, -0.2) is 26.3 Å². The van der Waals surface area contributed by atoms with Gasteiger partial charge in [-0.05, 0) is 0 Å². The Bertz CT molecular complexity index is 101. The van der Waals surface area contributed by atoms with Gasteiger partial charge in [0, 0.05) is 20.0 Å². The third-order valence-corrected chi connectivity index (χ3v) is 1.02. The maximum Gasteiger partial charge on any atom is 0.302 e. The Hall–Kier alpha value is -0.570. The van der Waals surface area contributed by atoms with E-state index < -0.39 is 0 Å². The van der Waals surface area contributed by atoms with Crippen LogP contribution in [0.15, 0.2) is 0 Å². The first kappa shape index (κ1) is 9.43. The number of ether oxygens (including phenoxy) is 2. The molecule has 0 aromatic rings. The molecular weight excluding hydrogens is 132 g/mol. The van der Waals surface area contributed by atoms with Crippen LogP contribution in [0.25, 0.3) is 0 Å². The van der Waals surface area contributed by atoms with Crippen molar-refractivity contribution in [3.63, 3.8) is 0 Å². The highest BCUT2D eigenvalue weighted by molar-refractivity contribution is 5.65. The SMILES string of the molecule is COCC(C)COC(C)=O. The van der Waals surface area contributed by atoms with Crippen molar-refractivity contribution in [3.05, 3.63) is 0 Å². The molecule has 0 aliphatic carbocycles. The fraction of sp³-hybridized carbons (Fsp3) is 0.857. The van der Waals surface area contributed by atoms with Gasteiger partial charge in [-0.2, -0.15) is 0 Å². The standard InChI is InChI=1S/C7H14O3/c1-6(4-9-3)5-10-7(2)8/h6H,4-5H2,1-3H3. The molecule has 60 valence electrons. The summed E-state index contributed by atoms with van der Waals surface area (Å²) < 4.78 is 9.58. The van der Waals surface area contributed by atoms with Crippen LogP contribution in [0.4, 0.5) is 0 Å². The molecule has 0 amide bonds. The van der Waals surface area contributed by atoms with Gasteiger partial charge in [0.2, 0.25) is 0 Å². The normalized spacial score (nSPS) is 12.7. The Morgan fingerprint density at radius 2 is 2.10 bits per heavy atom.